The van der Waals surface area contributed by atoms with Gasteiger partial charge in [-0.15, -0.1) is 0 Å². The highest BCUT2D eigenvalue weighted by Gasteiger charge is 2.33. The quantitative estimate of drug-likeness (QED) is 0.815. The molecular weight excluding hydrogens is 224 g/mol. The molecule has 1 unspecified atom stereocenters. The second kappa shape index (κ2) is 4.16. The van der Waals surface area contributed by atoms with E-state index in [0.717, 1.165) is 25.2 Å². The van der Waals surface area contributed by atoms with Crippen LogP contribution in [0.25, 0.3) is 0 Å². The van der Waals surface area contributed by atoms with Crippen LogP contribution in [0.2, 0.25) is 0 Å². The minimum atomic E-state index is 0.0638. The van der Waals surface area contributed by atoms with E-state index in [1.807, 2.05) is 6.07 Å². The monoisotopic (exact) mass is 246 g/mol. The molecule has 1 saturated heterocycles. The molecule has 98 valence electrons. The lowest BCUT2D eigenvalue weighted by Gasteiger charge is -2.25. The SMILES string of the molecule is CC1(C)CCC(CN2CCc3cc(N)ccc32)O1. The van der Waals surface area contributed by atoms with Crippen molar-refractivity contribution in [3.8, 4) is 0 Å². The molecule has 0 bridgehead atoms. The van der Waals surface area contributed by atoms with Crippen LogP contribution in [-0.2, 0) is 11.2 Å². The van der Waals surface area contributed by atoms with Gasteiger partial charge in [0.15, 0.2) is 0 Å². The van der Waals surface area contributed by atoms with Gasteiger partial charge in [-0.3, -0.25) is 0 Å². The van der Waals surface area contributed by atoms with Crippen molar-refractivity contribution in [2.45, 2.75) is 44.8 Å². The molecule has 2 aliphatic heterocycles. The normalized spacial score (nSPS) is 25.4. The Morgan fingerprint density at radius 3 is 3.00 bits per heavy atom. The number of ether oxygens (including phenoxy) is 1. The van der Waals surface area contributed by atoms with Crippen LogP contribution in [0.4, 0.5) is 11.4 Å². The van der Waals surface area contributed by atoms with Gasteiger partial charge in [-0.1, -0.05) is 0 Å². The van der Waals surface area contributed by atoms with Gasteiger partial charge in [0.2, 0.25) is 0 Å². The summed E-state index contributed by atoms with van der Waals surface area (Å²) in [7, 11) is 0. The molecule has 0 spiro atoms. The first-order valence-corrected chi connectivity index (χ1v) is 6.85. The zero-order valence-electron chi connectivity index (χ0n) is 11.3. The Kier molecular flexibility index (Phi) is 2.74. The van der Waals surface area contributed by atoms with Crippen molar-refractivity contribution >= 4 is 11.4 Å². The van der Waals surface area contributed by atoms with Gasteiger partial charge in [0.1, 0.15) is 0 Å². The number of fused-ring (bicyclic) bond motifs is 1. The van der Waals surface area contributed by atoms with Gasteiger partial charge >= 0.3 is 0 Å². The molecule has 0 aliphatic carbocycles. The van der Waals surface area contributed by atoms with Gasteiger partial charge in [0, 0.05) is 24.5 Å². The van der Waals surface area contributed by atoms with Crippen LogP contribution in [-0.4, -0.2) is 24.8 Å². The van der Waals surface area contributed by atoms with E-state index in [9.17, 15) is 0 Å². The van der Waals surface area contributed by atoms with Crippen molar-refractivity contribution in [1.29, 1.82) is 0 Å². The molecule has 0 radical (unpaired) electrons. The molecule has 3 nitrogen and oxygen atoms in total. The highest BCUT2D eigenvalue weighted by atomic mass is 16.5. The third kappa shape index (κ3) is 2.19. The van der Waals surface area contributed by atoms with E-state index in [2.05, 4.69) is 30.9 Å². The Morgan fingerprint density at radius 2 is 2.28 bits per heavy atom. The molecule has 1 fully saturated rings. The predicted octanol–water partition coefficient (Wildman–Crippen LogP) is 2.59. The first-order valence-electron chi connectivity index (χ1n) is 6.85. The summed E-state index contributed by atoms with van der Waals surface area (Å²) in [5.74, 6) is 0. The second-order valence-electron chi connectivity index (χ2n) is 6.12. The zero-order chi connectivity index (χ0) is 12.8. The lowest BCUT2D eigenvalue weighted by molar-refractivity contribution is -0.0114. The summed E-state index contributed by atoms with van der Waals surface area (Å²) in [6, 6.07) is 6.25. The smallest absolute Gasteiger partial charge is 0.0758 e. The van der Waals surface area contributed by atoms with Gasteiger partial charge in [-0.2, -0.15) is 0 Å². The molecule has 2 heterocycles. The highest BCUT2D eigenvalue weighted by Crippen LogP contribution is 2.34. The van der Waals surface area contributed by atoms with Crippen molar-refractivity contribution in [2.75, 3.05) is 23.7 Å². The number of benzene rings is 1. The number of nitrogens with zero attached hydrogens (tertiary/aromatic N) is 1. The number of nitrogen functional groups attached to an aromatic ring is 1. The Balaban J connectivity index is 1.70. The maximum atomic E-state index is 6.08. The van der Waals surface area contributed by atoms with Crippen LogP contribution in [0, 0.1) is 0 Å². The molecule has 1 aromatic rings. The van der Waals surface area contributed by atoms with Gasteiger partial charge in [-0.05, 0) is 56.9 Å². The molecule has 3 rings (SSSR count). The lowest BCUT2D eigenvalue weighted by Crippen LogP contribution is -2.32. The average Bonchev–Trinajstić information content (AvgIpc) is 2.83. The molecule has 3 heteroatoms. The molecule has 1 atom stereocenters. The minimum absolute atomic E-state index is 0.0638. The number of nitrogens with two attached hydrogens (primary N) is 1. The van der Waals surface area contributed by atoms with Crippen molar-refractivity contribution in [1.82, 2.24) is 0 Å². The fraction of sp³-hybridized carbons (Fsp3) is 0.600. The van der Waals surface area contributed by atoms with E-state index in [1.165, 1.54) is 24.1 Å². The molecule has 2 N–H and O–H groups in total. The molecule has 0 amide bonds. The molecule has 18 heavy (non-hydrogen) atoms. The highest BCUT2D eigenvalue weighted by molar-refractivity contribution is 5.63. The van der Waals surface area contributed by atoms with E-state index < -0.39 is 0 Å². The van der Waals surface area contributed by atoms with Gasteiger partial charge in [0.25, 0.3) is 0 Å². The lowest BCUT2D eigenvalue weighted by atomic mass is 10.1. The van der Waals surface area contributed by atoms with Crippen molar-refractivity contribution in [3.63, 3.8) is 0 Å². The maximum Gasteiger partial charge on any atom is 0.0758 e. The summed E-state index contributed by atoms with van der Waals surface area (Å²) < 4.78 is 6.08. The molecule has 0 saturated carbocycles. The van der Waals surface area contributed by atoms with Crippen LogP contribution in [0.5, 0.6) is 0 Å². The summed E-state index contributed by atoms with van der Waals surface area (Å²) in [6.07, 6.45) is 3.83. The topological polar surface area (TPSA) is 38.5 Å². The summed E-state index contributed by atoms with van der Waals surface area (Å²) in [4.78, 5) is 2.45. The molecule has 1 aromatic carbocycles. The molecular formula is C15H22N2O. The average molecular weight is 246 g/mol. The first-order chi connectivity index (χ1) is 8.53. The number of anilines is 2. The van der Waals surface area contributed by atoms with Gasteiger partial charge in [0.05, 0.1) is 11.7 Å². The minimum Gasteiger partial charge on any atom is -0.399 e. The number of rotatable bonds is 2. The van der Waals surface area contributed by atoms with Gasteiger partial charge < -0.3 is 15.4 Å². The Labute approximate surface area is 109 Å². The Hall–Kier alpha value is -1.22. The summed E-state index contributed by atoms with van der Waals surface area (Å²) >= 11 is 0. The molecule has 2 aliphatic rings. The fourth-order valence-electron chi connectivity index (χ4n) is 3.13. The third-order valence-electron chi connectivity index (χ3n) is 4.07. The van der Waals surface area contributed by atoms with E-state index in [-0.39, 0.29) is 5.60 Å². The van der Waals surface area contributed by atoms with Crippen molar-refractivity contribution in [3.05, 3.63) is 23.8 Å². The summed E-state index contributed by atoms with van der Waals surface area (Å²) in [5, 5.41) is 0. The van der Waals surface area contributed by atoms with Crippen LogP contribution in [0.3, 0.4) is 0 Å². The summed E-state index contributed by atoms with van der Waals surface area (Å²) in [6.45, 7) is 6.48. The predicted molar refractivity (Wildman–Crippen MR) is 75.0 cm³/mol. The number of hydrogen-bond acceptors (Lipinski definition) is 3. The second-order valence-corrected chi connectivity index (χ2v) is 6.12. The van der Waals surface area contributed by atoms with Crippen LogP contribution in [0.1, 0.15) is 32.3 Å². The van der Waals surface area contributed by atoms with E-state index in [0.29, 0.717) is 6.10 Å². The van der Waals surface area contributed by atoms with E-state index in [4.69, 9.17) is 10.5 Å². The van der Waals surface area contributed by atoms with Crippen LogP contribution >= 0.6 is 0 Å². The Morgan fingerprint density at radius 1 is 1.44 bits per heavy atom. The van der Waals surface area contributed by atoms with E-state index in [1.54, 1.807) is 0 Å². The van der Waals surface area contributed by atoms with Gasteiger partial charge in [-0.25, -0.2) is 0 Å². The Bertz CT molecular complexity index is 456. The fourth-order valence-corrected chi connectivity index (χ4v) is 3.13. The maximum absolute atomic E-state index is 6.08. The largest absolute Gasteiger partial charge is 0.399 e. The van der Waals surface area contributed by atoms with Crippen LogP contribution < -0.4 is 10.6 Å². The first kappa shape index (κ1) is 11.8. The number of hydrogen-bond donors (Lipinski definition) is 1. The summed E-state index contributed by atoms with van der Waals surface area (Å²) in [5.41, 5.74) is 9.49. The zero-order valence-corrected chi connectivity index (χ0v) is 11.3. The van der Waals surface area contributed by atoms with Crippen LogP contribution in [0.15, 0.2) is 18.2 Å². The third-order valence-corrected chi connectivity index (χ3v) is 4.07. The van der Waals surface area contributed by atoms with Crippen molar-refractivity contribution in [2.24, 2.45) is 0 Å². The van der Waals surface area contributed by atoms with E-state index >= 15 is 0 Å². The van der Waals surface area contributed by atoms with Crippen molar-refractivity contribution < 1.29 is 4.74 Å². The molecule has 0 aromatic heterocycles. The standard InChI is InChI=1S/C15H22N2O/c1-15(2)7-5-13(18-15)10-17-8-6-11-9-12(16)3-4-14(11)17/h3-4,9,13H,5-8,10,16H2,1-2H3.